The van der Waals surface area contributed by atoms with Gasteiger partial charge < -0.3 is 4.59 Å². The molecule has 0 fully saturated rings. The number of rotatable bonds is 2. The summed E-state index contributed by atoms with van der Waals surface area (Å²) in [6.45, 7) is 3.70. The van der Waals surface area contributed by atoms with Crippen molar-refractivity contribution in [2.45, 2.75) is 13.8 Å². The third-order valence-electron chi connectivity index (χ3n) is 2.04. The van der Waals surface area contributed by atoms with Crippen LogP contribution in [0.3, 0.4) is 0 Å². The van der Waals surface area contributed by atoms with Gasteiger partial charge in [-0.15, -0.1) is 5.10 Å². The lowest BCUT2D eigenvalue weighted by atomic mass is 10.1. The van der Waals surface area contributed by atoms with Gasteiger partial charge in [-0.05, 0) is 12.1 Å². The average molecular weight is 179 g/mol. The lowest BCUT2D eigenvalue weighted by Crippen LogP contribution is -2.32. The SMILES string of the molecule is CC1=[N+]N=NN1[BH2-]n1nnnc1C. The Kier molecular flexibility index (Phi) is 1.76. The van der Waals surface area contributed by atoms with Crippen LogP contribution in [0.2, 0.25) is 0 Å². The second kappa shape index (κ2) is 2.92. The Hall–Kier alpha value is -1.80. The second-order valence-corrected chi connectivity index (χ2v) is 2.90. The van der Waals surface area contributed by atoms with Gasteiger partial charge in [0.05, 0.1) is 0 Å². The zero-order valence-corrected chi connectivity index (χ0v) is 7.58. The molecule has 13 heavy (non-hydrogen) atoms. The summed E-state index contributed by atoms with van der Waals surface area (Å²) in [5, 5.41) is 22.3. The van der Waals surface area contributed by atoms with Crippen LogP contribution >= 0.6 is 0 Å². The molecule has 1 aliphatic heterocycles. The Bertz CT molecular complexity index is 366. The monoisotopic (exact) mass is 179 g/mol. The number of aromatic nitrogens is 4. The fourth-order valence-corrected chi connectivity index (χ4v) is 1.10. The number of aryl methyl sites for hydroxylation is 1. The predicted octanol–water partition coefficient (Wildman–Crippen LogP) is -1.82. The summed E-state index contributed by atoms with van der Waals surface area (Å²) in [4.78, 5) is 1.74. The van der Waals surface area contributed by atoms with Crippen molar-refractivity contribution in [3.63, 3.8) is 0 Å². The van der Waals surface area contributed by atoms with E-state index in [9.17, 15) is 0 Å². The first-order valence-corrected chi connectivity index (χ1v) is 3.99. The highest BCUT2D eigenvalue weighted by atomic mass is 15.7. The van der Waals surface area contributed by atoms with Crippen molar-refractivity contribution in [3.8, 4) is 0 Å². The van der Waals surface area contributed by atoms with E-state index in [0.29, 0.717) is 0 Å². The van der Waals surface area contributed by atoms with Crippen LogP contribution in [0, 0.1) is 6.92 Å². The van der Waals surface area contributed by atoms with Crippen molar-refractivity contribution in [2.24, 2.45) is 10.4 Å². The van der Waals surface area contributed by atoms with Crippen molar-refractivity contribution < 1.29 is 0 Å². The van der Waals surface area contributed by atoms with Crippen molar-refractivity contribution in [3.05, 3.63) is 5.82 Å². The van der Waals surface area contributed by atoms with Crippen molar-refractivity contribution in [2.75, 3.05) is 0 Å². The van der Waals surface area contributed by atoms with Gasteiger partial charge in [0.25, 0.3) is 13.4 Å². The van der Waals surface area contributed by atoms with E-state index in [1.54, 1.807) is 9.51 Å². The third-order valence-corrected chi connectivity index (χ3v) is 2.04. The molecule has 0 bridgehead atoms. The maximum Gasteiger partial charge on any atom is 0.290 e. The van der Waals surface area contributed by atoms with Crippen LogP contribution in [0.25, 0.3) is 0 Å². The molecule has 0 unspecified atom stereocenters. The number of nitrogens with zero attached hydrogens (tertiary/aromatic N) is 8. The van der Waals surface area contributed by atoms with Gasteiger partial charge in [0, 0.05) is 12.0 Å². The first kappa shape index (κ1) is 7.83. The zero-order valence-electron chi connectivity index (χ0n) is 7.58. The largest absolute Gasteiger partial charge is 0.372 e. The maximum atomic E-state index is 3.83. The van der Waals surface area contributed by atoms with E-state index < -0.39 is 7.55 Å². The molecule has 1 aromatic heterocycles. The summed E-state index contributed by atoms with van der Waals surface area (Å²) in [5.41, 5.74) is 0. The number of tetrazole rings is 1. The minimum atomic E-state index is -0.718. The van der Waals surface area contributed by atoms with E-state index >= 15 is 0 Å². The summed E-state index contributed by atoms with van der Waals surface area (Å²) in [7, 11) is -0.718. The van der Waals surface area contributed by atoms with Crippen LogP contribution in [0.4, 0.5) is 0 Å². The molecule has 2 heterocycles. The fraction of sp³-hybridized carbons (Fsp3) is 0.500. The van der Waals surface area contributed by atoms with Gasteiger partial charge in [-0.2, -0.15) is 0 Å². The molecule has 8 nitrogen and oxygen atoms in total. The average Bonchev–Trinajstić information content (AvgIpc) is 2.65. The molecule has 9 heteroatoms. The molecule has 0 N–H and O–H groups in total. The fourth-order valence-electron chi connectivity index (χ4n) is 1.10. The van der Waals surface area contributed by atoms with Gasteiger partial charge in [0.15, 0.2) is 0 Å². The Labute approximate surface area is 74.6 Å². The zero-order chi connectivity index (χ0) is 9.26. The highest BCUT2D eigenvalue weighted by Crippen LogP contribution is 1.96. The second-order valence-electron chi connectivity index (χ2n) is 2.90. The molecule has 2 rings (SSSR count). The van der Waals surface area contributed by atoms with Crippen molar-refractivity contribution in [1.29, 1.82) is 0 Å². The molecule has 1 radical (unpaired) electrons. The van der Waals surface area contributed by atoms with Gasteiger partial charge >= 0.3 is 0 Å². The Morgan fingerprint density at radius 1 is 1.38 bits per heavy atom. The molecule has 0 amide bonds. The predicted molar refractivity (Wildman–Crippen MR) is 46.0 cm³/mol. The minimum absolute atomic E-state index is 0.718. The highest BCUT2D eigenvalue weighted by molar-refractivity contribution is 6.34. The topological polar surface area (TPSA) is 85.7 Å². The molecule has 0 aromatic carbocycles. The quantitative estimate of drug-likeness (QED) is 0.500. The van der Waals surface area contributed by atoms with E-state index in [1.165, 1.54) is 0 Å². The van der Waals surface area contributed by atoms with E-state index in [1.807, 2.05) is 13.8 Å². The van der Waals surface area contributed by atoms with Crippen molar-refractivity contribution >= 4 is 13.4 Å². The molecule has 0 aliphatic carbocycles. The van der Waals surface area contributed by atoms with E-state index in [-0.39, 0.29) is 0 Å². The third kappa shape index (κ3) is 1.39. The molecule has 1 aliphatic rings. The Balaban J connectivity index is 2.11. The summed E-state index contributed by atoms with van der Waals surface area (Å²) >= 11 is 0. The molecule has 0 spiro atoms. The van der Waals surface area contributed by atoms with E-state index in [2.05, 4.69) is 31.1 Å². The molecule has 0 saturated carbocycles. The summed E-state index contributed by atoms with van der Waals surface area (Å²) in [6, 6.07) is 0. The molecule has 1 aromatic rings. The Morgan fingerprint density at radius 2 is 2.23 bits per heavy atom. The Morgan fingerprint density at radius 3 is 2.77 bits per heavy atom. The maximum absolute atomic E-state index is 3.83. The lowest BCUT2D eigenvalue weighted by molar-refractivity contribution is 0.637. The van der Waals surface area contributed by atoms with Crippen LogP contribution < -0.4 is 5.10 Å². The van der Waals surface area contributed by atoms with Crippen LogP contribution in [-0.4, -0.2) is 38.4 Å². The summed E-state index contributed by atoms with van der Waals surface area (Å²) in [6.07, 6.45) is 0. The van der Waals surface area contributed by atoms with Gasteiger partial charge in [0.1, 0.15) is 16.3 Å². The number of hydrogen-bond acceptors (Lipinski definition) is 7. The van der Waals surface area contributed by atoms with Gasteiger partial charge in [0.2, 0.25) is 0 Å². The van der Waals surface area contributed by atoms with Crippen LogP contribution in [0.5, 0.6) is 0 Å². The van der Waals surface area contributed by atoms with Gasteiger partial charge in [-0.3, -0.25) is 4.92 Å². The first-order valence-electron chi connectivity index (χ1n) is 3.99. The summed E-state index contributed by atoms with van der Waals surface area (Å²) < 4.78 is 1.74. The first-order chi connectivity index (χ1) is 6.27. The molecular weight excluding hydrogens is 171 g/mol. The van der Waals surface area contributed by atoms with Crippen LogP contribution in [0.1, 0.15) is 12.7 Å². The standard InChI is InChI=1S/C4H8BN8/c1-3-6-8-10-12(3)5-13-4(2)7-9-11-13/h5H2,1-2H3. The molecule has 67 valence electrons. The number of hydrogen-bond donors (Lipinski definition) is 0. The van der Waals surface area contributed by atoms with Crippen molar-refractivity contribution in [1.82, 2.24) is 30.1 Å². The van der Waals surface area contributed by atoms with Crippen LogP contribution in [-0.2, 0) is 0 Å². The van der Waals surface area contributed by atoms with E-state index in [0.717, 1.165) is 11.7 Å². The lowest BCUT2D eigenvalue weighted by Gasteiger charge is -2.10. The van der Waals surface area contributed by atoms with Gasteiger partial charge in [-0.1, -0.05) is 5.21 Å². The molecule has 0 saturated heterocycles. The molecular formula is C4H8BN8. The molecule has 0 atom stereocenters. The van der Waals surface area contributed by atoms with Crippen LogP contribution in [0.15, 0.2) is 10.4 Å². The highest BCUT2D eigenvalue weighted by Gasteiger charge is 2.17. The normalized spacial score (nSPS) is 15.2. The smallest absolute Gasteiger partial charge is 0.290 e. The summed E-state index contributed by atoms with van der Waals surface area (Å²) in [5.74, 6) is 1.57. The number of amidine groups is 1. The van der Waals surface area contributed by atoms with E-state index in [4.69, 9.17) is 0 Å². The minimum Gasteiger partial charge on any atom is -0.372 e. The van der Waals surface area contributed by atoms with Gasteiger partial charge in [-0.25, -0.2) is 0 Å².